The van der Waals surface area contributed by atoms with Crippen molar-refractivity contribution >= 4 is 15.9 Å². The summed E-state index contributed by atoms with van der Waals surface area (Å²) in [6, 6.07) is 4.03. The molecule has 118 valence electrons. The van der Waals surface area contributed by atoms with Crippen LogP contribution in [0.25, 0.3) is 0 Å². The number of aryl methyl sites for hydroxylation is 1. The maximum atomic E-state index is 13.3. The number of hydrogen-bond acceptors (Lipinski definition) is 3. The van der Waals surface area contributed by atoms with Crippen LogP contribution in [0, 0.1) is 12.7 Å². The Hall–Kier alpha value is -1.18. The predicted molar refractivity (Wildman–Crippen MR) is 82.0 cm³/mol. The van der Waals surface area contributed by atoms with Crippen molar-refractivity contribution in [1.29, 1.82) is 0 Å². The van der Waals surface area contributed by atoms with Crippen molar-refractivity contribution in [3.05, 3.63) is 29.6 Å². The van der Waals surface area contributed by atoms with Crippen molar-refractivity contribution in [3.63, 3.8) is 0 Å². The van der Waals surface area contributed by atoms with Gasteiger partial charge in [0, 0.05) is 19.1 Å². The van der Waals surface area contributed by atoms with Crippen LogP contribution in [-0.4, -0.2) is 38.9 Å². The lowest BCUT2D eigenvalue weighted by Gasteiger charge is -2.34. The van der Waals surface area contributed by atoms with E-state index in [0.29, 0.717) is 24.3 Å². The average Bonchev–Trinajstić information content (AvgIpc) is 2.43. The van der Waals surface area contributed by atoms with E-state index in [1.54, 1.807) is 13.0 Å². The summed E-state index contributed by atoms with van der Waals surface area (Å²) < 4.78 is 42.4. The van der Waals surface area contributed by atoms with Crippen LogP contribution in [0.5, 0.6) is 0 Å². The number of nitrogens with zero attached hydrogens (tertiary/aromatic N) is 1. The third-order valence-electron chi connectivity index (χ3n) is 3.76. The fraction of sp³-hybridized carbons (Fsp3) is 0.571. The smallest absolute Gasteiger partial charge is 0.301 e. The van der Waals surface area contributed by atoms with Gasteiger partial charge in [-0.3, -0.25) is 4.72 Å². The molecule has 2 N–H and O–H groups in total. The molecule has 1 fully saturated rings. The standard InChI is InChI=1S/C14H22FN3O2S/c1-11-6-7-12(15)9-14(11)17-21(19,20)18-8-4-3-5-13(18)10-16-2/h6-7,9,13,16-17H,3-5,8,10H2,1-2H3. The summed E-state index contributed by atoms with van der Waals surface area (Å²) in [6.07, 6.45) is 2.71. The lowest BCUT2D eigenvalue weighted by molar-refractivity contribution is 0.250. The van der Waals surface area contributed by atoms with Crippen LogP contribution in [0.1, 0.15) is 24.8 Å². The van der Waals surface area contributed by atoms with E-state index in [9.17, 15) is 12.8 Å². The van der Waals surface area contributed by atoms with Crippen molar-refractivity contribution < 1.29 is 12.8 Å². The summed E-state index contributed by atoms with van der Waals surface area (Å²) in [7, 11) is -1.86. The van der Waals surface area contributed by atoms with Crippen LogP contribution < -0.4 is 10.0 Å². The maximum Gasteiger partial charge on any atom is 0.301 e. The molecule has 0 bridgehead atoms. The molecule has 1 aliphatic rings. The van der Waals surface area contributed by atoms with Gasteiger partial charge in [0.25, 0.3) is 0 Å². The zero-order valence-corrected chi connectivity index (χ0v) is 13.2. The normalized spacial score (nSPS) is 20.4. The second-order valence-electron chi connectivity index (χ2n) is 5.38. The van der Waals surface area contributed by atoms with Crippen LogP contribution in [0.15, 0.2) is 18.2 Å². The van der Waals surface area contributed by atoms with Gasteiger partial charge in [0.15, 0.2) is 0 Å². The number of rotatable bonds is 5. The van der Waals surface area contributed by atoms with E-state index >= 15 is 0 Å². The number of halogens is 1. The molecule has 0 amide bonds. The van der Waals surface area contributed by atoms with E-state index in [1.807, 2.05) is 7.05 Å². The molecule has 0 radical (unpaired) electrons. The Morgan fingerprint density at radius 3 is 2.86 bits per heavy atom. The second kappa shape index (κ2) is 6.72. The van der Waals surface area contributed by atoms with Gasteiger partial charge in [0.05, 0.1) is 5.69 Å². The number of nitrogens with one attached hydrogen (secondary N) is 2. The Kier molecular flexibility index (Phi) is 5.18. The minimum atomic E-state index is -3.67. The third-order valence-corrected chi connectivity index (χ3v) is 5.34. The minimum Gasteiger partial charge on any atom is -0.318 e. The zero-order valence-electron chi connectivity index (χ0n) is 12.4. The van der Waals surface area contributed by atoms with E-state index in [2.05, 4.69) is 10.0 Å². The van der Waals surface area contributed by atoms with Gasteiger partial charge in [-0.05, 0) is 44.5 Å². The molecule has 7 heteroatoms. The highest BCUT2D eigenvalue weighted by atomic mass is 32.2. The van der Waals surface area contributed by atoms with E-state index in [-0.39, 0.29) is 6.04 Å². The fourth-order valence-electron chi connectivity index (χ4n) is 2.63. The van der Waals surface area contributed by atoms with E-state index in [1.165, 1.54) is 16.4 Å². The van der Waals surface area contributed by atoms with Crippen LogP contribution in [0.3, 0.4) is 0 Å². The molecule has 1 unspecified atom stereocenters. The highest BCUT2D eigenvalue weighted by Gasteiger charge is 2.32. The first-order chi connectivity index (χ1) is 9.94. The predicted octanol–water partition coefficient (Wildman–Crippen LogP) is 1.86. The molecule has 1 aliphatic heterocycles. The topological polar surface area (TPSA) is 61.4 Å². The number of benzene rings is 1. The number of hydrogen-bond donors (Lipinski definition) is 2. The van der Waals surface area contributed by atoms with Gasteiger partial charge >= 0.3 is 10.2 Å². The van der Waals surface area contributed by atoms with Gasteiger partial charge in [-0.2, -0.15) is 12.7 Å². The van der Waals surface area contributed by atoms with Crippen molar-refractivity contribution in [3.8, 4) is 0 Å². The van der Waals surface area contributed by atoms with Crippen LogP contribution >= 0.6 is 0 Å². The lowest BCUT2D eigenvalue weighted by atomic mass is 10.1. The largest absolute Gasteiger partial charge is 0.318 e. The van der Waals surface area contributed by atoms with Crippen LogP contribution in [0.2, 0.25) is 0 Å². The Bertz CT molecular complexity index is 590. The summed E-state index contributed by atoms with van der Waals surface area (Å²) >= 11 is 0. The van der Waals surface area contributed by atoms with Crippen molar-refractivity contribution in [2.24, 2.45) is 0 Å². The number of piperidine rings is 1. The molecule has 21 heavy (non-hydrogen) atoms. The third kappa shape index (κ3) is 3.93. The van der Waals surface area contributed by atoms with Crippen molar-refractivity contribution in [2.45, 2.75) is 32.2 Å². The quantitative estimate of drug-likeness (QED) is 0.872. The van der Waals surface area contributed by atoms with Crippen LogP contribution in [-0.2, 0) is 10.2 Å². The van der Waals surface area contributed by atoms with E-state index < -0.39 is 16.0 Å². The molecule has 0 spiro atoms. The van der Waals surface area contributed by atoms with E-state index in [4.69, 9.17) is 0 Å². The highest BCUT2D eigenvalue weighted by Crippen LogP contribution is 2.23. The first kappa shape index (κ1) is 16.2. The molecule has 1 atom stereocenters. The SMILES string of the molecule is CNCC1CCCCN1S(=O)(=O)Nc1cc(F)ccc1C. The van der Waals surface area contributed by atoms with Crippen molar-refractivity contribution in [1.82, 2.24) is 9.62 Å². The van der Waals surface area contributed by atoms with Gasteiger partial charge < -0.3 is 5.32 Å². The van der Waals surface area contributed by atoms with Gasteiger partial charge in [-0.1, -0.05) is 12.5 Å². The first-order valence-corrected chi connectivity index (χ1v) is 8.58. The molecule has 2 rings (SSSR count). The second-order valence-corrected chi connectivity index (χ2v) is 7.01. The Morgan fingerprint density at radius 2 is 2.14 bits per heavy atom. The summed E-state index contributed by atoms with van der Waals surface area (Å²) in [5.41, 5.74) is 0.992. The monoisotopic (exact) mass is 315 g/mol. The summed E-state index contributed by atoms with van der Waals surface area (Å²) in [5, 5.41) is 3.03. The molecular formula is C14H22FN3O2S. The summed E-state index contributed by atoms with van der Waals surface area (Å²) in [5.74, 6) is -0.455. The number of likely N-dealkylation sites (N-methyl/N-ethyl adjacent to an activating group) is 1. The Balaban J connectivity index is 2.22. The zero-order chi connectivity index (χ0) is 15.5. The first-order valence-electron chi connectivity index (χ1n) is 7.14. The van der Waals surface area contributed by atoms with Crippen molar-refractivity contribution in [2.75, 3.05) is 24.9 Å². The molecule has 5 nitrogen and oxygen atoms in total. The molecular weight excluding hydrogens is 293 g/mol. The molecule has 0 aliphatic carbocycles. The highest BCUT2D eigenvalue weighted by molar-refractivity contribution is 7.90. The van der Waals surface area contributed by atoms with Gasteiger partial charge in [0.1, 0.15) is 5.82 Å². The maximum absolute atomic E-state index is 13.3. The lowest BCUT2D eigenvalue weighted by Crippen LogP contribution is -2.50. The van der Waals surface area contributed by atoms with Crippen LogP contribution in [0.4, 0.5) is 10.1 Å². The Labute approximate surface area is 125 Å². The molecule has 1 heterocycles. The molecule has 1 aromatic carbocycles. The van der Waals surface area contributed by atoms with Gasteiger partial charge in [-0.15, -0.1) is 0 Å². The average molecular weight is 315 g/mol. The van der Waals surface area contributed by atoms with Gasteiger partial charge in [0.2, 0.25) is 0 Å². The summed E-state index contributed by atoms with van der Waals surface area (Å²) in [6.45, 7) is 2.86. The molecule has 1 aromatic rings. The van der Waals surface area contributed by atoms with Gasteiger partial charge in [-0.25, -0.2) is 4.39 Å². The molecule has 0 aromatic heterocycles. The summed E-state index contributed by atoms with van der Waals surface area (Å²) in [4.78, 5) is 0. The number of anilines is 1. The molecule has 1 saturated heterocycles. The fourth-order valence-corrected chi connectivity index (χ4v) is 4.19. The van der Waals surface area contributed by atoms with E-state index in [0.717, 1.165) is 19.3 Å². The molecule has 0 saturated carbocycles. The minimum absolute atomic E-state index is 0.0601. The Morgan fingerprint density at radius 1 is 1.38 bits per heavy atom.